The van der Waals surface area contributed by atoms with Gasteiger partial charge in [-0.3, -0.25) is 9.65 Å². The van der Waals surface area contributed by atoms with Crippen LogP contribution in [0.4, 0.5) is 0 Å². The van der Waals surface area contributed by atoms with E-state index >= 15 is 0 Å². The first kappa shape index (κ1) is 12.0. The molecule has 2 N–H and O–H groups in total. The fourth-order valence-corrected chi connectivity index (χ4v) is 1.79. The van der Waals surface area contributed by atoms with E-state index in [0.717, 1.165) is 5.52 Å². The number of H-pyrrole nitrogens is 1. The van der Waals surface area contributed by atoms with Crippen molar-refractivity contribution in [1.29, 1.82) is 0 Å². The lowest BCUT2D eigenvalue weighted by Gasteiger charge is -1.96. The third-order valence-electron chi connectivity index (χ3n) is 2.02. The molecular formula is C8H9ClN2O3S. The SMILES string of the molecule is Cc1n[nH]c2ccc(S(=O)(=O)O)cc12.Cl. The van der Waals surface area contributed by atoms with Gasteiger partial charge in [-0.25, -0.2) is 0 Å². The van der Waals surface area contributed by atoms with Crippen molar-refractivity contribution in [2.24, 2.45) is 0 Å². The number of halogens is 1. The number of nitrogens with zero attached hydrogens (tertiary/aromatic N) is 1. The zero-order valence-electron chi connectivity index (χ0n) is 7.76. The summed E-state index contributed by atoms with van der Waals surface area (Å²) in [6.45, 7) is 1.76. The van der Waals surface area contributed by atoms with E-state index in [9.17, 15) is 8.42 Å². The molecule has 0 saturated heterocycles. The van der Waals surface area contributed by atoms with Gasteiger partial charge in [-0.1, -0.05) is 0 Å². The number of fused-ring (bicyclic) bond motifs is 1. The van der Waals surface area contributed by atoms with Gasteiger partial charge in [0.25, 0.3) is 10.1 Å². The van der Waals surface area contributed by atoms with Gasteiger partial charge in [0.15, 0.2) is 0 Å². The van der Waals surface area contributed by atoms with Crippen LogP contribution in [0.25, 0.3) is 10.9 Å². The average molecular weight is 249 g/mol. The van der Waals surface area contributed by atoms with Crippen molar-refractivity contribution in [3.05, 3.63) is 23.9 Å². The quantitative estimate of drug-likeness (QED) is 0.750. The van der Waals surface area contributed by atoms with E-state index in [1.165, 1.54) is 12.1 Å². The Hall–Kier alpha value is -1.11. The van der Waals surface area contributed by atoms with Crippen LogP contribution in [-0.4, -0.2) is 23.2 Å². The smallest absolute Gasteiger partial charge is 0.282 e. The number of hydrogen-bond donors (Lipinski definition) is 2. The van der Waals surface area contributed by atoms with Gasteiger partial charge < -0.3 is 0 Å². The number of hydrogen-bond acceptors (Lipinski definition) is 3. The first-order valence-electron chi connectivity index (χ1n) is 3.91. The van der Waals surface area contributed by atoms with Crippen molar-refractivity contribution in [2.45, 2.75) is 11.8 Å². The summed E-state index contributed by atoms with van der Waals surface area (Å²) in [4.78, 5) is -0.116. The second kappa shape index (κ2) is 3.80. The fraction of sp³-hybridized carbons (Fsp3) is 0.125. The Balaban J connectivity index is 0.00000112. The Morgan fingerprint density at radius 3 is 2.67 bits per heavy atom. The molecule has 0 aliphatic rings. The van der Waals surface area contributed by atoms with Gasteiger partial charge in [0.05, 0.1) is 16.1 Å². The highest BCUT2D eigenvalue weighted by Crippen LogP contribution is 2.19. The molecule has 0 amide bonds. The third kappa shape index (κ3) is 2.11. The van der Waals surface area contributed by atoms with Crippen molar-refractivity contribution >= 4 is 33.4 Å². The van der Waals surface area contributed by atoms with E-state index in [1.54, 1.807) is 13.0 Å². The Morgan fingerprint density at radius 2 is 2.07 bits per heavy atom. The summed E-state index contributed by atoms with van der Waals surface area (Å²) in [5.74, 6) is 0. The molecule has 0 bridgehead atoms. The van der Waals surface area contributed by atoms with Crippen molar-refractivity contribution in [2.75, 3.05) is 0 Å². The summed E-state index contributed by atoms with van der Waals surface area (Å²) in [6, 6.07) is 4.29. The maximum absolute atomic E-state index is 10.8. The zero-order chi connectivity index (χ0) is 10.3. The largest absolute Gasteiger partial charge is 0.294 e. The molecule has 0 spiro atoms. The molecule has 0 saturated carbocycles. The number of rotatable bonds is 1. The monoisotopic (exact) mass is 248 g/mol. The lowest BCUT2D eigenvalue weighted by molar-refractivity contribution is 0.483. The van der Waals surface area contributed by atoms with Crippen LogP contribution < -0.4 is 0 Å². The number of aromatic nitrogens is 2. The number of aromatic amines is 1. The molecule has 0 atom stereocenters. The molecule has 1 aromatic carbocycles. The van der Waals surface area contributed by atoms with Gasteiger partial charge in [0, 0.05) is 5.39 Å². The minimum absolute atomic E-state index is 0. The number of benzene rings is 1. The third-order valence-corrected chi connectivity index (χ3v) is 2.87. The van der Waals surface area contributed by atoms with E-state index < -0.39 is 10.1 Å². The zero-order valence-corrected chi connectivity index (χ0v) is 9.39. The molecule has 0 radical (unpaired) electrons. The summed E-state index contributed by atoms with van der Waals surface area (Å²) in [7, 11) is -4.13. The van der Waals surface area contributed by atoms with Gasteiger partial charge in [0.1, 0.15) is 0 Å². The molecule has 15 heavy (non-hydrogen) atoms. The van der Waals surface area contributed by atoms with Crippen molar-refractivity contribution < 1.29 is 13.0 Å². The Bertz CT molecular complexity index is 591. The van der Waals surface area contributed by atoms with E-state index in [0.29, 0.717) is 11.1 Å². The summed E-state index contributed by atoms with van der Waals surface area (Å²) in [5, 5.41) is 7.35. The van der Waals surface area contributed by atoms with Crippen molar-refractivity contribution in [3.63, 3.8) is 0 Å². The maximum Gasteiger partial charge on any atom is 0.294 e. The Kier molecular flexibility index (Phi) is 3.03. The van der Waals surface area contributed by atoms with Crippen LogP contribution in [0.2, 0.25) is 0 Å². The number of nitrogens with one attached hydrogen (secondary N) is 1. The number of aryl methyl sites for hydroxylation is 1. The highest BCUT2D eigenvalue weighted by molar-refractivity contribution is 7.85. The molecule has 0 fully saturated rings. The molecule has 2 rings (SSSR count). The molecule has 1 aromatic heterocycles. The summed E-state index contributed by atoms with van der Waals surface area (Å²) in [6.07, 6.45) is 0. The summed E-state index contributed by atoms with van der Waals surface area (Å²) >= 11 is 0. The lowest BCUT2D eigenvalue weighted by Crippen LogP contribution is -1.97. The van der Waals surface area contributed by atoms with Crippen LogP contribution in [0.15, 0.2) is 23.1 Å². The van der Waals surface area contributed by atoms with Crippen molar-refractivity contribution in [1.82, 2.24) is 10.2 Å². The van der Waals surface area contributed by atoms with E-state index in [1.807, 2.05) is 0 Å². The van der Waals surface area contributed by atoms with Gasteiger partial charge >= 0.3 is 0 Å². The van der Waals surface area contributed by atoms with Gasteiger partial charge in [0.2, 0.25) is 0 Å². The first-order chi connectivity index (χ1) is 6.48. The molecule has 5 nitrogen and oxygen atoms in total. The first-order valence-corrected chi connectivity index (χ1v) is 5.35. The molecular weight excluding hydrogens is 240 g/mol. The van der Waals surface area contributed by atoms with E-state index in [2.05, 4.69) is 10.2 Å². The fourth-order valence-electron chi connectivity index (χ4n) is 1.28. The topological polar surface area (TPSA) is 83.0 Å². The molecule has 0 aliphatic heterocycles. The highest BCUT2D eigenvalue weighted by Gasteiger charge is 2.11. The van der Waals surface area contributed by atoms with E-state index in [4.69, 9.17) is 4.55 Å². The Labute approximate surface area is 92.7 Å². The van der Waals surface area contributed by atoms with Gasteiger partial charge in [-0.2, -0.15) is 13.5 Å². The normalized spacial score (nSPS) is 11.3. The summed E-state index contributed by atoms with van der Waals surface area (Å²) in [5.41, 5.74) is 1.44. The summed E-state index contributed by atoms with van der Waals surface area (Å²) < 4.78 is 30.5. The minimum atomic E-state index is -4.13. The van der Waals surface area contributed by atoms with Crippen LogP contribution in [0, 0.1) is 6.92 Å². The highest BCUT2D eigenvalue weighted by atomic mass is 35.5. The standard InChI is InChI=1S/C8H8N2O3S.ClH/c1-5-7-4-6(14(11,12)13)2-3-8(7)10-9-5;/h2-4H,1H3,(H,9,10)(H,11,12,13);1H. The van der Waals surface area contributed by atoms with Gasteiger partial charge in [-0.15, -0.1) is 12.4 Å². The van der Waals surface area contributed by atoms with Gasteiger partial charge in [-0.05, 0) is 25.1 Å². The average Bonchev–Trinajstić information content (AvgIpc) is 2.46. The van der Waals surface area contributed by atoms with Crippen LogP contribution in [-0.2, 0) is 10.1 Å². The Morgan fingerprint density at radius 1 is 1.40 bits per heavy atom. The minimum Gasteiger partial charge on any atom is -0.282 e. The van der Waals surface area contributed by atoms with E-state index in [-0.39, 0.29) is 17.3 Å². The van der Waals surface area contributed by atoms with Crippen LogP contribution in [0.1, 0.15) is 5.69 Å². The van der Waals surface area contributed by atoms with Crippen LogP contribution in [0.5, 0.6) is 0 Å². The predicted molar refractivity (Wildman–Crippen MR) is 57.9 cm³/mol. The van der Waals surface area contributed by atoms with Crippen LogP contribution >= 0.6 is 12.4 Å². The molecule has 0 unspecified atom stereocenters. The lowest BCUT2D eigenvalue weighted by atomic mass is 10.2. The van der Waals surface area contributed by atoms with Crippen molar-refractivity contribution in [3.8, 4) is 0 Å². The maximum atomic E-state index is 10.8. The molecule has 2 aromatic rings. The second-order valence-electron chi connectivity index (χ2n) is 2.99. The predicted octanol–water partition coefficient (Wildman–Crippen LogP) is 1.54. The second-order valence-corrected chi connectivity index (χ2v) is 4.41. The molecule has 0 aliphatic carbocycles. The molecule has 82 valence electrons. The molecule has 7 heteroatoms. The molecule has 1 heterocycles. The van der Waals surface area contributed by atoms with Crippen LogP contribution in [0.3, 0.4) is 0 Å².